The van der Waals surface area contributed by atoms with Gasteiger partial charge in [0.2, 0.25) is 0 Å². The summed E-state index contributed by atoms with van der Waals surface area (Å²) in [5, 5.41) is 0. The largest absolute Gasteiger partial charge is 0.494 e. The van der Waals surface area contributed by atoms with Crippen molar-refractivity contribution in [3.63, 3.8) is 0 Å². The molecule has 25 heavy (non-hydrogen) atoms. The van der Waals surface area contributed by atoms with Gasteiger partial charge in [0.05, 0.1) is 12.2 Å². The predicted octanol–water partition coefficient (Wildman–Crippen LogP) is 6.14. The average Bonchev–Trinajstić information content (AvgIpc) is 2.56. The van der Waals surface area contributed by atoms with E-state index in [4.69, 9.17) is 9.47 Å². The molecule has 0 bridgehead atoms. The Morgan fingerprint density at radius 1 is 1.08 bits per heavy atom. The van der Waals surface area contributed by atoms with Gasteiger partial charge in [0.15, 0.2) is 0 Å². The van der Waals surface area contributed by atoms with Gasteiger partial charge in [-0.05, 0) is 54.3 Å². The number of hydrogen-bond acceptors (Lipinski definition) is 3. The number of ether oxygens (including phenoxy) is 2. The summed E-state index contributed by atoms with van der Waals surface area (Å²) in [7, 11) is 0. The van der Waals surface area contributed by atoms with E-state index in [1.54, 1.807) is 24.3 Å². The van der Waals surface area contributed by atoms with Crippen LogP contribution in [0.2, 0.25) is 0 Å². The highest BCUT2D eigenvalue weighted by Gasteiger charge is 2.21. The molecule has 2 rings (SSSR count). The van der Waals surface area contributed by atoms with E-state index >= 15 is 0 Å². The molecule has 2 aromatic carbocycles. The zero-order valence-electron chi connectivity index (χ0n) is 15.3. The maximum Gasteiger partial charge on any atom is 0.343 e. The Morgan fingerprint density at radius 2 is 1.76 bits per heavy atom. The Balaban J connectivity index is 2.12. The molecule has 0 spiro atoms. The SMILES string of the molecule is CCCCOc1ccc(C(=O)Oc2ccc(Br)cc2C(C)(C)C)cc1. The first-order chi connectivity index (χ1) is 11.8. The molecule has 0 aromatic heterocycles. The van der Waals surface area contributed by atoms with E-state index in [0.717, 1.165) is 28.6 Å². The van der Waals surface area contributed by atoms with Crippen LogP contribution in [-0.2, 0) is 5.41 Å². The van der Waals surface area contributed by atoms with E-state index in [9.17, 15) is 4.79 Å². The smallest absolute Gasteiger partial charge is 0.343 e. The Hall–Kier alpha value is -1.81. The minimum absolute atomic E-state index is 0.129. The van der Waals surface area contributed by atoms with Crippen LogP contribution in [-0.4, -0.2) is 12.6 Å². The lowest BCUT2D eigenvalue weighted by Gasteiger charge is -2.22. The minimum atomic E-state index is -0.368. The normalized spacial score (nSPS) is 11.2. The molecule has 0 radical (unpaired) electrons. The van der Waals surface area contributed by atoms with Crippen LogP contribution >= 0.6 is 15.9 Å². The molecule has 4 heteroatoms. The van der Waals surface area contributed by atoms with Crippen molar-refractivity contribution in [3.8, 4) is 11.5 Å². The van der Waals surface area contributed by atoms with E-state index in [-0.39, 0.29) is 11.4 Å². The number of halogens is 1. The van der Waals surface area contributed by atoms with Crippen molar-refractivity contribution in [1.82, 2.24) is 0 Å². The fourth-order valence-electron chi connectivity index (χ4n) is 2.36. The number of benzene rings is 2. The van der Waals surface area contributed by atoms with Crippen molar-refractivity contribution in [1.29, 1.82) is 0 Å². The number of hydrogen-bond donors (Lipinski definition) is 0. The van der Waals surface area contributed by atoms with Gasteiger partial charge in [0.25, 0.3) is 0 Å². The van der Waals surface area contributed by atoms with Gasteiger partial charge in [-0.3, -0.25) is 0 Å². The van der Waals surface area contributed by atoms with Crippen molar-refractivity contribution in [2.75, 3.05) is 6.61 Å². The first-order valence-electron chi connectivity index (χ1n) is 8.56. The molecular formula is C21H25BrO3. The molecule has 0 unspecified atom stereocenters. The number of esters is 1. The third kappa shape index (κ3) is 5.60. The fraction of sp³-hybridized carbons (Fsp3) is 0.381. The molecule has 0 heterocycles. The topological polar surface area (TPSA) is 35.5 Å². The zero-order chi connectivity index (χ0) is 18.4. The molecular weight excluding hydrogens is 380 g/mol. The van der Waals surface area contributed by atoms with Crippen LogP contribution in [0, 0.1) is 0 Å². The van der Waals surface area contributed by atoms with Crippen molar-refractivity contribution in [3.05, 3.63) is 58.1 Å². The number of unbranched alkanes of at least 4 members (excludes halogenated alkanes) is 1. The highest BCUT2D eigenvalue weighted by atomic mass is 79.9. The minimum Gasteiger partial charge on any atom is -0.494 e. The van der Waals surface area contributed by atoms with Crippen LogP contribution in [0.3, 0.4) is 0 Å². The lowest BCUT2D eigenvalue weighted by Crippen LogP contribution is -2.16. The van der Waals surface area contributed by atoms with Gasteiger partial charge in [-0.15, -0.1) is 0 Å². The predicted molar refractivity (Wildman–Crippen MR) is 105 cm³/mol. The van der Waals surface area contributed by atoms with Gasteiger partial charge < -0.3 is 9.47 Å². The van der Waals surface area contributed by atoms with Crippen LogP contribution in [0.25, 0.3) is 0 Å². The molecule has 134 valence electrons. The van der Waals surface area contributed by atoms with Crippen molar-refractivity contribution >= 4 is 21.9 Å². The number of rotatable bonds is 6. The first kappa shape index (κ1) is 19.5. The van der Waals surface area contributed by atoms with E-state index < -0.39 is 0 Å². The summed E-state index contributed by atoms with van der Waals surface area (Å²) in [5.74, 6) is 0.987. The van der Waals surface area contributed by atoms with Crippen molar-refractivity contribution < 1.29 is 14.3 Å². The van der Waals surface area contributed by atoms with Gasteiger partial charge >= 0.3 is 5.97 Å². The standard InChI is InChI=1S/C21H25BrO3/c1-5-6-13-24-17-10-7-15(8-11-17)20(23)25-19-12-9-16(22)14-18(19)21(2,3)4/h7-12,14H,5-6,13H2,1-4H3. The summed E-state index contributed by atoms with van der Waals surface area (Å²) in [4.78, 5) is 12.5. The molecule has 0 atom stereocenters. The zero-order valence-corrected chi connectivity index (χ0v) is 16.9. The van der Waals surface area contributed by atoms with Crippen molar-refractivity contribution in [2.45, 2.75) is 46.0 Å². The summed E-state index contributed by atoms with van der Waals surface area (Å²) < 4.78 is 12.2. The molecule has 0 fully saturated rings. The van der Waals surface area contributed by atoms with Gasteiger partial charge in [0, 0.05) is 10.0 Å². The van der Waals surface area contributed by atoms with Crippen LogP contribution in [0.5, 0.6) is 11.5 Å². The summed E-state index contributed by atoms with van der Waals surface area (Å²) in [6, 6.07) is 12.8. The molecule has 0 aliphatic carbocycles. The van der Waals surface area contributed by atoms with Crippen LogP contribution in [0.4, 0.5) is 0 Å². The van der Waals surface area contributed by atoms with E-state index in [1.807, 2.05) is 18.2 Å². The summed E-state index contributed by atoms with van der Waals surface area (Å²) >= 11 is 3.48. The van der Waals surface area contributed by atoms with E-state index in [2.05, 4.69) is 43.6 Å². The highest BCUT2D eigenvalue weighted by molar-refractivity contribution is 9.10. The Labute approximate surface area is 158 Å². The molecule has 0 aliphatic heterocycles. The lowest BCUT2D eigenvalue weighted by atomic mass is 9.86. The second-order valence-electron chi connectivity index (χ2n) is 7.01. The first-order valence-corrected chi connectivity index (χ1v) is 9.35. The highest BCUT2D eigenvalue weighted by Crippen LogP contribution is 2.34. The Bertz CT molecular complexity index is 715. The Morgan fingerprint density at radius 3 is 2.36 bits per heavy atom. The summed E-state index contributed by atoms with van der Waals surface area (Å²) in [5.41, 5.74) is 1.36. The molecule has 0 aliphatic rings. The summed E-state index contributed by atoms with van der Waals surface area (Å²) in [6.07, 6.45) is 2.11. The van der Waals surface area contributed by atoms with Gasteiger partial charge in [-0.25, -0.2) is 4.79 Å². The second kappa shape index (κ2) is 8.52. The number of carbonyl (C=O) groups excluding carboxylic acids is 1. The van der Waals surface area contributed by atoms with Crippen molar-refractivity contribution in [2.24, 2.45) is 0 Å². The second-order valence-corrected chi connectivity index (χ2v) is 7.92. The lowest BCUT2D eigenvalue weighted by molar-refractivity contribution is 0.0732. The average molecular weight is 405 g/mol. The monoisotopic (exact) mass is 404 g/mol. The molecule has 0 N–H and O–H groups in total. The van der Waals surface area contributed by atoms with Crippen LogP contribution < -0.4 is 9.47 Å². The van der Waals surface area contributed by atoms with E-state index in [0.29, 0.717) is 17.9 Å². The maximum atomic E-state index is 12.5. The van der Waals surface area contributed by atoms with E-state index in [1.165, 1.54) is 0 Å². The summed E-state index contributed by atoms with van der Waals surface area (Å²) in [6.45, 7) is 9.09. The van der Waals surface area contributed by atoms with Crippen LogP contribution in [0.1, 0.15) is 56.5 Å². The quantitative estimate of drug-likeness (QED) is 0.329. The molecule has 0 amide bonds. The maximum absolute atomic E-state index is 12.5. The Kier molecular flexibility index (Phi) is 6.65. The molecule has 0 saturated carbocycles. The fourth-order valence-corrected chi connectivity index (χ4v) is 2.72. The van der Waals surface area contributed by atoms with Gasteiger partial charge in [0.1, 0.15) is 11.5 Å². The molecule has 0 saturated heterocycles. The van der Waals surface area contributed by atoms with Crippen LogP contribution in [0.15, 0.2) is 46.9 Å². The third-order valence-corrected chi connectivity index (χ3v) is 4.30. The molecule has 2 aromatic rings. The number of carbonyl (C=O) groups is 1. The molecule has 3 nitrogen and oxygen atoms in total. The van der Waals surface area contributed by atoms with Gasteiger partial charge in [-0.2, -0.15) is 0 Å². The third-order valence-electron chi connectivity index (χ3n) is 3.81. The van der Waals surface area contributed by atoms with Gasteiger partial charge in [-0.1, -0.05) is 50.0 Å².